The Kier molecular flexibility index (Phi) is 4.03. The topological polar surface area (TPSA) is 63.2 Å². The zero-order valence-electron chi connectivity index (χ0n) is 11.2. The van der Waals surface area contributed by atoms with Gasteiger partial charge >= 0.3 is 0 Å². The normalized spacial score (nSPS) is 15.1. The number of hydrogen-bond acceptors (Lipinski definition) is 6. The summed E-state index contributed by atoms with van der Waals surface area (Å²) in [5.41, 5.74) is 1.02. The number of rotatable bonds is 4. The maximum absolute atomic E-state index is 5.67. The van der Waals surface area contributed by atoms with Crippen molar-refractivity contribution >= 4 is 5.82 Å². The van der Waals surface area contributed by atoms with Crippen LogP contribution in [0.2, 0.25) is 0 Å². The van der Waals surface area contributed by atoms with Crippen LogP contribution in [0.1, 0.15) is 5.56 Å². The van der Waals surface area contributed by atoms with Gasteiger partial charge in [0, 0.05) is 44.1 Å². The average molecular weight is 271 g/mol. The van der Waals surface area contributed by atoms with Crippen LogP contribution >= 0.6 is 0 Å². The van der Waals surface area contributed by atoms with E-state index in [0.717, 1.165) is 37.6 Å². The third-order valence-electron chi connectivity index (χ3n) is 3.15. The Morgan fingerprint density at radius 1 is 1.15 bits per heavy atom. The fourth-order valence-corrected chi connectivity index (χ4v) is 2.09. The smallest absolute Gasteiger partial charge is 0.234 e. The number of piperazine rings is 1. The van der Waals surface area contributed by atoms with Crippen LogP contribution in [0, 0.1) is 0 Å². The molecule has 0 amide bonds. The molecule has 20 heavy (non-hydrogen) atoms. The minimum absolute atomic E-state index is 0.452. The average Bonchev–Trinajstić information content (AvgIpc) is 2.55. The highest BCUT2D eigenvalue weighted by molar-refractivity contribution is 5.38. The van der Waals surface area contributed by atoms with Gasteiger partial charge in [-0.25, -0.2) is 0 Å². The van der Waals surface area contributed by atoms with E-state index in [1.165, 1.54) is 0 Å². The van der Waals surface area contributed by atoms with E-state index < -0.39 is 0 Å². The van der Waals surface area contributed by atoms with Crippen LogP contribution in [0.25, 0.3) is 0 Å². The SMILES string of the molecule is c1cncc(COc2cncc(N3CCNCC3)n2)c1. The van der Waals surface area contributed by atoms with Gasteiger partial charge in [-0.2, -0.15) is 4.98 Å². The number of hydrogen-bond donors (Lipinski definition) is 1. The van der Waals surface area contributed by atoms with E-state index in [1.807, 2.05) is 12.1 Å². The van der Waals surface area contributed by atoms with Gasteiger partial charge in [0.2, 0.25) is 5.88 Å². The minimum Gasteiger partial charge on any atom is -0.472 e. The highest BCUT2D eigenvalue weighted by atomic mass is 16.5. The molecule has 1 N–H and O–H groups in total. The van der Waals surface area contributed by atoms with Crippen molar-refractivity contribution in [3.8, 4) is 5.88 Å². The Bertz CT molecular complexity index is 542. The number of anilines is 1. The third-order valence-corrected chi connectivity index (χ3v) is 3.15. The molecule has 0 bridgehead atoms. The second-order valence-corrected chi connectivity index (χ2v) is 4.60. The molecule has 0 atom stereocenters. The van der Waals surface area contributed by atoms with Gasteiger partial charge in [-0.15, -0.1) is 0 Å². The van der Waals surface area contributed by atoms with Crippen LogP contribution in [-0.4, -0.2) is 41.1 Å². The molecule has 2 aromatic rings. The lowest BCUT2D eigenvalue weighted by Gasteiger charge is -2.28. The summed E-state index contributed by atoms with van der Waals surface area (Å²) in [6, 6.07) is 3.86. The van der Waals surface area contributed by atoms with Crippen molar-refractivity contribution in [3.63, 3.8) is 0 Å². The number of ether oxygens (including phenoxy) is 1. The van der Waals surface area contributed by atoms with Crippen molar-refractivity contribution in [1.29, 1.82) is 0 Å². The predicted octanol–water partition coefficient (Wildman–Crippen LogP) is 0.860. The highest BCUT2D eigenvalue weighted by Crippen LogP contribution is 2.15. The Morgan fingerprint density at radius 2 is 2.05 bits per heavy atom. The molecule has 0 saturated carbocycles. The lowest BCUT2D eigenvalue weighted by molar-refractivity contribution is 0.292. The quantitative estimate of drug-likeness (QED) is 0.890. The lowest BCUT2D eigenvalue weighted by atomic mass is 10.3. The molecule has 3 rings (SSSR count). The summed E-state index contributed by atoms with van der Waals surface area (Å²) >= 11 is 0. The first-order valence-electron chi connectivity index (χ1n) is 6.71. The number of aromatic nitrogens is 3. The summed E-state index contributed by atoms with van der Waals surface area (Å²) in [7, 11) is 0. The van der Waals surface area contributed by atoms with E-state index in [-0.39, 0.29) is 0 Å². The fraction of sp³-hybridized carbons (Fsp3) is 0.357. The van der Waals surface area contributed by atoms with Crippen LogP contribution < -0.4 is 15.0 Å². The standard InChI is InChI=1S/C14H17N5O/c1-2-12(8-16-3-1)11-20-14-10-17-9-13(18-14)19-6-4-15-5-7-19/h1-3,8-10,15H,4-7,11H2. The molecule has 104 valence electrons. The molecule has 1 aliphatic heterocycles. The first-order valence-corrected chi connectivity index (χ1v) is 6.71. The van der Waals surface area contributed by atoms with E-state index >= 15 is 0 Å². The van der Waals surface area contributed by atoms with E-state index in [1.54, 1.807) is 24.8 Å². The molecule has 6 heteroatoms. The molecule has 6 nitrogen and oxygen atoms in total. The van der Waals surface area contributed by atoms with E-state index in [2.05, 4.69) is 25.2 Å². The van der Waals surface area contributed by atoms with Gasteiger partial charge in [0.1, 0.15) is 6.61 Å². The van der Waals surface area contributed by atoms with Gasteiger partial charge < -0.3 is 15.0 Å². The largest absolute Gasteiger partial charge is 0.472 e. The number of nitrogens with zero attached hydrogens (tertiary/aromatic N) is 4. The molecule has 3 heterocycles. The third kappa shape index (κ3) is 3.21. The number of nitrogens with one attached hydrogen (secondary N) is 1. The summed E-state index contributed by atoms with van der Waals surface area (Å²) in [6.45, 7) is 4.29. The Balaban J connectivity index is 1.65. The molecule has 0 aromatic carbocycles. The molecule has 1 aliphatic rings. The van der Waals surface area contributed by atoms with E-state index in [4.69, 9.17) is 4.74 Å². The van der Waals surface area contributed by atoms with Crippen LogP contribution in [0.5, 0.6) is 5.88 Å². The minimum atomic E-state index is 0.452. The van der Waals surface area contributed by atoms with Crippen LogP contribution in [0.3, 0.4) is 0 Å². The van der Waals surface area contributed by atoms with Crippen LogP contribution in [0.4, 0.5) is 5.82 Å². The molecule has 1 saturated heterocycles. The monoisotopic (exact) mass is 271 g/mol. The highest BCUT2D eigenvalue weighted by Gasteiger charge is 2.12. The van der Waals surface area contributed by atoms with Crippen molar-refractivity contribution in [3.05, 3.63) is 42.5 Å². The van der Waals surface area contributed by atoms with Gasteiger partial charge in [-0.3, -0.25) is 9.97 Å². The summed E-state index contributed by atoms with van der Waals surface area (Å²) in [6.07, 6.45) is 6.95. The van der Waals surface area contributed by atoms with Gasteiger partial charge in [0.25, 0.3) is 0 Å². The Hall–Kier alpha value is -2.21. The molecule has 0 spiro atoms. The zero-order chi connectivity index (χ0) is 13.6. The predicted molar refractivity (Wildman–Crippen MR) is 75.7 cm³/mol. The van der Waals surface area contributed by atoms with Crippen LogP contribution in [-0.2, 0) is 6.61 Å². The molecule has 0 unspecified atom stereocenters. The van der Waals surface area contributed by atoms with Crippen molar-refractivity contribution in [2.45, 2.75) is 6.61 Å². The van der Waals surface area contributed by atoms with Crippen LogP contribution in [0.15, 0.2) is 36.9 Å². The fourth-order valence-electron chi connectivity index (χ4n) is 2.09. The summed E-state index contributed by atoms with van der Waals surface area (Å²) in [5, 5.41) is 3.32. The lowest BCUT2D eigenvalue weighted by Crippen LogP contribution is -2.43. The molecule has 0 aliphatic carbocycles. The molecular weight excluding hydrogens is 254 g/mol. The van der Waals surface area contributed by atoms with Crippen molar-refractivity contribution in [2.24, 2.45) is 0 Å². The Labute approximate surface area is 117 Å². The van der Waals surface area contributed by atoms with Crippen molar-refractivity contribution in [2.75, 3.05) is 31.1 Å². The van der Waals surface area contributed by atoms with E-state index in [9.17, 15) is 0 Å². The summed E-state index contributed by atoms with van der Waals surface area (Å²) < 4.78 is 5.67. The van der Waals surface area contributed by atoms with E-state index in [0.29, 0.717) is 12.5 Å². The maximum atomic E-state index is 5.67. The maximum Gasteiger partial charge on any atom is 0.234 e. The molecule has 2 aromatic heterocycles. The van der Waals surface area contributed by atoms with Gasteiger partial charge in [-0.05, 0) is 6.07 Å². The zero-order valence-corrected chi connectivity index (χ0v) is 11.2. The van der Waals surface area contributed by atoms with Crippen molar-refractivity contribution in [1.82, 2.24) is 20.3 Å². The second-order valence-electron chi connectivity index (χ2n) is 4.60. The van der Waals surface area contributed by atoms with Gasteiger partial charge in [0.05, 0.1) is 12.4 Å². The Morgan fingerprint density at radius 3 is 2.85 bits per heavy atom. The molecular formula is C14H17N5O. The molecule has 1 fully saturated rings. The van der Waals surface area contributed by atoms with Gasteiger partial charge in [-0.1, -0.05) is 6.07 Å². The first kappa shape index (κ1) is 12.8. The first-order chi connectivity index (χ1) is 9.92. The number of pyridine rings is 1. The summed E-state index contributed by atoms with van der Waals surface area (Å²) in [5.74, 6) is 1.42. The van der Waals surface area contributed by atoms with Gasteiger partial charge in [0.15, 0.2) is 5.82 Å². The van der Waals surface area contributed by atoms with Crippen molar-refractivity contribution < 1.29 is 4.74 Å². The molecule has 0 radical (unpaired) electrons. The summed E-state index contributed by atoms with van der Waals surface area (Å²) in [4.78, 5) is 15.0. The second kappa shape index (κ2) is 6.29.